The van der Waals surface area contributed by atoms with Gasteiger partial charge in [0.05, 0.1) is 6.61 Å². The van der Waals surface area contributed by atoms with Gasteiger partial charge in [0.15, 0.2) is 0 Å². The van der Waals surface area contributed by atoms with E-state index in [9.17, 15) is 0 Å². The van der Waals surface area contributed by atoms with E-state index in [-0.39, 0.29) is 0 Å². The van der Waals surface area contributed by atoms with Crippen LogP contribution < -0.4 is 0 Å². The van der Waals surface area contributed by atoms with E-state index in [1.54, 1.807) is 7.11 Å². The SMILES string of the molecule is CCC(CBr)CN(CCOC)C1CC1. The molecule has 0 aromatic rings. The molecule has 0 bridgehead atoms. The summed E-state index contributed by atoms with van der Waals surface area (Å²) in [7, 11) is 1.78. The highest BCUT2D eigenvalue weighted by Gasteiger charge is 2.29. The molecule has 1 rings (SSSR count). The lowest BCUT2D eigenvalue weighted by atomic mass is 10.1. The Morgan fingerprint density at radius 1 is 1.50 bits per heavy atom. The molecule has 14 heavy (non-hydrogen) atoms. The zero-order valence-corrected chi connectivity index (χ0v) is 10.9. The van der Waals surface area contributed by atoms with Gasteiger partial charge in [0, 0.05) is 31.6 Å². The Kier molecular flexibility index (Phi) is 6.06. The molecular weight excluding hydrogens is 242 g/mol. The van der Waals surface area contributed by atoms with Gasteiger partial charge >= 0.3 is 0 Å². The highest BCUT2D eigenvalue weighted by Crippen LogP contribution is 2.27. The molecule has 1 atom stereocenters. The van der Waals surface area contributed by atoms with Crippen molar-refractivity contribution in [2.45, 2.75) is 32.2 Å². The Morgan fingerprint density at radius 2 is 2.21 bits per heavy atom. The van der Waals surface area contributed by atoms with Crippen molar-refractivity contribution in [3.63, 3.8) is 0 Å². The van der Waals surface area contributed by atoms with Gasteiger partial charge in [-0.15, -0.1) is 0 Å². The Balaban J connectivity index is 2.26. The second kappa shape index (κ2) is 6.81. The maximum atomic E-state index is 5.15. The second-order valence-corrected chi connectivity index (χ2v) is 4.79. The minimum absolute atomic E-state index is 0.799. The summed E-state index contributed by atoms with van der Waals surface area (Å²) in [5, 5.41) is 1.12. The fourth-order valence-corrected chi connectivity index (χ4v) is 2.35. The predicted molar refractivity (Wildman–Crippen MR) is 64.0 cm³/mol. The van der Waals surface area contributed by atoms with Crippen molar-refractivity contribution in [2.75, 3.05) is 32.1 Å². The van der Waals surface area contributed by atoms with Crippen molar-refractivity contribution >= 4 is 15.9 Å². The minimum atomic E-state index is 0.799. The highest BCUT2D eigenvalue weighted by atomic mass is 79.9. The van der Waals surface area contributed by atoms with Crippen molar-refractivity contribution in [2.24, 2.45) is 5.92 Å². The average molecular weight is 264 g/mol. The molecule has 0 aliphatic heterocycles. The highest BCUT2D eigenvalue weighted by molar-refractivity contribution is 9.09. The molecule has 0 amide bonds. The maximum Gasteiger partial charge on any atom is 0.0589 e. The Hall–Kier alpha value is 0.400. The van der Waals surface area contributed by atoms with Gasteiger partial charge in [-0.25, -0.2) is 0 Å². The average Bonchev–Trinajstić information content (AvgIpc) is 3.02. The van der Waals surface area contributed by atoms with Crippen molar-refractivity contribution in [3.05, 3.63) is 0 Å². The third kappa shape index (κ3) is 4.28. The summed E-state index contributed by atoms with van der Waals surface area (Å²) in [6, 6.07) is 0.859. The van der Waals surface area contributed by atoms with Gasteiger partial charge in [0.1, 0.15) is 0 Å². The zero-order chi connectivity index (χ0) is 10.4. The van der Waals surface area contributed by atoms with Crippen LogP contribution in [0.1, 0.15) is 26.2 Å². The molecule has 1 aliphatic carbocycles. The lowest BCUT2D eigenvalue weighted by molar-refractivity contribution is 0.134. The molecule has 0 spiro atoms. The van der Waals surface area contributed by atoms with E-state index in [0.29, 0.717) is 0 Å². The molecule has 1 unspecified atom stereocenters. The van der Waals surface area contributed by atoms with Gasteiger partial charge in [-0.3, -0.25) is 4.90 Å². The minimum Gasteiger partial charge on any atom is -0.383 e. The molecule has 1 fully saturated rings. The third-order valence-corrected chi connectivity index (χ3v) is 3.85. The number of rotatable bonds is 8. The van der Waals surface area contributed by atoms with Crippen LogP contribution in [0.25, 0.3) is 0 Å². The standard InChI is InChI=1S/C11H22BrNO/c1-3-10(8-12)9-13(6-7-14-2)11-4-5-11/h10-11H,3-9H2,1-2H3. The van der Waals surface area contributed by atoms with Crippen LogP contribution in [0.4, 0.5) is 0 Å². The van der Waals surface area contributed by atoms with Crippen molar-refractivity contribution in [1.82, 2.24) is 4.90 Å². The largest absolute Gasteiger partial charge is 0.383 e. The van der Waals surface area contributed by atoms with Crippen molar-refractivity contribution in [3.8, 4) is 0 Å². The summed E-state index contributed by atoms with van der Waals surface area (Å²) in [4.78, 5) is 2.60. The van der Waals surface area contributed by atoms with E-state index in [1.165, 1.54) is 25.8 Å². The predicted octanol–water partition coefficient (Wildman–Crippen LogP) is 2.52. The molecule has 3 heteroatoms. The van der Waals surface area contributed by atoms with Crippen LogP contribution in [-0.4, -0.2) is 43.1 Å². The zero-order valence-electron chi connectivity index (χ0n) is 9.34. The lowest BCUT2D eigenvalue weighted by Gasteiger charge is -2.25. The topological polar surface area (TPSA) is 12.5 Å². The summed E-state index contributed by atoms with van der Waals surface area (Å²) in [5.41, 5.74) is 0. The molecule has 0 radical (unpaired) electrons. The first-order chi connectivity index (χ1) is 6.81. The maximum absolute atomic E-state index is 5.15. The first-order valence-corrected chi connectivity index (χ1v) is 6.72. The summed E-state index contributed by atoms with van der Waals surface area (Å²) >= 11 is 3.58. The molecule has 84 valence electrons. The monoisotopic (exact) mass is 263 g/mol. The third-order valence-electron chi connectivity index (χ3n) is 2.93. The van der Waals surface area contributed by atoms with E-state index < -0.39 is 0 Å². The molecule has 0 aromatic carbocycles. The normalized spacial score (nSPS) is 18.9. The van der Waals surface area contributed by atoms with Crippen LogP contribution in [0.2, 0.25) is 0 Å². The number of alkyl halides is 1. The number of nitrogens with zero attached hydrogens (tertiary/aromatic N) is 1. The Morgan fingerprint density at radius 3 is 2.64 bits per heavy atom. The summed E-state index contributed by atoms with van der Waals surface area (Å²) in [6.45, 7) is 5.48. The molecule has 0 N–H and O–H groups in total. The van der Waals surface area contributed by atoms with E-state index in [1.807, 2.05) is 0 Å². The Bertz CT molecular complexity index is 146. The van der Waals surface area contributed by atoms with Crippen molar-refractivity contribution < 1.29 is 4.74 Å². The fraction of sp³-hybridized carbons (Fsp3) is 1.00. The number of hydrogen-bond donors (Lipinski definition) is 0. The summed E-state index contributed by atoms with van der Waals surface area (Å²) < 4.78 is 5.15. The molecule has 0 aromatic heterocycles. The Labute approximate surface area is 96.1 Å². The molecule has 0 saturated heterocycles. The first kappa shape index (κ1) is 12.5. The van der Waals surface area contributed by atoms with Crippen LogP contribution in [0.3, 0.4) is 0 Å². The van der Waals surface area contributed by atoms with Crippen LogP contribution >= 0.6 is 15.9 Å². The second-order valence-electron chi connectivity index (χ2n) is 4.15. The van der Waals surface area contributed by atoms with Gasteiger partial charge in [-0.2, -0.15) is 0 Å². The van der Waals surface area contributed by atoms with Gasteiger partial charge in [0.25, 0.3) is 0 Å². The van der Waals surface area contributed by atoms with Crippen LogP contribution in [0.15, 0.2) is 0 Å². The van der Waals surface area contributed by atoms with E-state index >= 15 is 0 Å². The molecule has 0 heterocycles. The van der Waals surface area contributed by atoms with Gasteiger partial charge in [-0.05, 0) is 18.8 Å². The summed E-state index contributed by atoms with van der Waals surface area (Å²) in [5.74, 6) is 0.799. The van der Waals surface area contributed by atoms with E-state index in [0.717, 1.165) is 30.4 Å². The van der Waals surface area contributed by atoms with Gasteiger partial charge in [0.2, 0.25) is 0 Å². The van der Waals surface area contributed by atoms with Gasteiger partial charge < -0.3 is 4.74 Å². The summed E-state index contributed by atoms with van der Waals surface area (Å²) in [6.07, 6.45) is 4.05. The number of halogens is 1. The quantitative estimate of drug-likeness (QED) is 0.625. The molecule has 2 nitrogen and oxygen atoms in total. The molecule has 1 aliphatic rings. The van der Waals surface area contributed by atoms with Crippen LogP contribution in [0.5, 0.6) is 0 Å². The first-order valence-electron chi connectivity index (χ1n) is 5.60. The number of methoxy groups -OCH3 is 1. The smallest absolute Gasteiger partial charge is 0.0589 e. The van der Waals surface area contributed by atoms with Crippen molar-refractivity contribution in [1.29, 1.82) is 0 Å². The molecular formula is C11H22BrNO. The lowest BCUT2D eigenvalue weighted by Crippen LogP contribution is -2.34. The van der Waals surface area contributed by atoms with Crippen LogP contribution in [-0.2, 0) is 4.74 Å². The fourth-order valence-electron chi connectivity index (χ4n) is 1.69. The molecule has 1 saturated carbocycles. The van der Waals surface area contributed by atoms with E-state index in [4.69, 9.17) is 4.74 Å². The number of hydrogen-bond acceptors (Lipinski definition) is 2. The van der Waals surface area contributed by atoms with Crippen LogP contribution in [0, 0.1) is 5.92 Å². The van der Waals surface area contributed by atoms with Gasteiger partial charge in [-0.1, -0.05) is 29.3 Å². The number of ether oxygens (including phenoxy) is 1. The van der Waals surface area contributed by atoms with E-state index in [2.05, 4.69) is 27.8 Å².